The Morgan fingerprint density at radius 3 is 2.72 bits per heavy atom. The van der Waals surface area contributed by atoms with Crippen LogP contribution in [0.4, 0.5) is 5.69 Å². The first-order chi connectivity index (χ1) is 8.41. The van der Waals surface area contributed by atoms with E-state index in [2.05, 4.69) is 4.84 Å². The van der Waals surface area contributed by atoms with Crippen LogP contribution in [0.2, 0.25) is 0 Å². The summed E-state index contributed by atoms with van der Waals surface area (Å²) in [4.78, 5) is 36.5. The number of hydroxylamine groups is 1. The molecule has 0 heterocycles. The van der Waals surface area contributed by atoms with E-state index in [1.165, 1.54) is 18.2 Å². The minimum absolute atomic E-state index is 0.162. The van der Waals surface area contributed by atoms with Crippen molar-refractivity contribution in [2.24, 2.45) is 5.73 Å². The van der Waals surface area contributed by atoms with Crippen LogP contribution in [0.1, 0.15) is 10.4 Å². The Kier molecular flexibility index (Phi) is 4.97. The number of nitrogens with zero attached hydrogens (tertiary/aromatic N) is 1. The van der Waals surface area contributed by atoms with Gasteiger partial charge in [-0.3, -0.25) is 24.5 Å². The third-order valence-corrected chi connectivity index (χ3v) is 2.45. The van der Waals surface area contributed by atoms with Crippen molar-refractivity contribution in [3.05, 3.63) is 37.4 Å². The van der Waals surface area contributed by atoms with Crippen molar-refractivity contribution in [3.63, 3.8) is 0 Å². The molecule has 0 aliphatic rings. The number of hydrogen-bond acceptors (Lipinski definition) is 5. The minimum atomic E-state index is -0.820. The summed E-state index contributed by atoms with van der Waals surface area (Å²) in [5.74, 6) is -1.59. The molecule has 1 aromatic rings. The molecule has 0 atom stereocenters. The standard InChI is InChI=1S/C9H8IN3O5/c10-5-1-2-6(7(3-5)13(16)17)9(15)12-18-4-8(11)14/h1-3H,4H2,(H2,11,14)(H,12,15). The molecule has 18 heavy (non-hydrogen) atoms. The van der Waals surface area contributed by atoms with Crippen LogP contribution in [0.25, 0.3) is 0 Å². The maximum absolute atomic E-state index is 11.6. The quantitative estimate of drug-likeness (QED) is 0.443. The van der Waals surface area contributed by atoms with Gasteiger partial charge in [0.15, 0.2) is 6.61 Å². The second-order valence-electron chi connectivity index (χ2n) is 3.10. The number of nitro groups is 1. The lowest BCUT2D eigenvalue weighted by Gasteiger charge is -2.05. The minimum Gasteiger partial charge on any atom is -0.368 e. The van der Waals surface area contributed by atoms with Crippen molar-refractivity contribution in [1.29, 1.82) is 0 Å². The van der Waals surface area contributed by atoms with Crippen LogP contribution in [0.15, 0.2) is 18.2 Å². The van der Waals surface area contributed by atoms with Crippen LogP contribution in [0.5, 0.6) is 0 Å². The van der Waals surface area contributed by atoms with E-state index >= 15 is 0 Å². The van der Waals surface area contributed by atoms with Gasteiger partial charge in [-0.25, -0.2) is 5.48 Å². The molecular formula is C9H8IN3O5. The lowest BCUT2D eigenvalue weighted by Crippen LogP contribution is -2.29. The summed E-state index contributed by atoms with van der Waals surface area (Å²) >= 11 is 1.89. The first-order valence-electron chi connectivity index (χ1n) is 4.56. The van der Waals surface area contributed by atoms with Crippen molar-refractivity contribution in [2.75, 3.05) is 6.61 Å². The number of primary amides is 1. The number of carbonyl (C=O) groups excluding carboxylic acids is 2. The van der Waals surface area contributed by atoms with Crippen LogP contribution >= 0.6 is 22.6 Å². The van der Waals surface area contributed by atoms with Gasteiger partial charge >= 0.3 is 0 Å². The van der Waals surface area contributed by atoms with Crippen molar-refractivity contribution in [1.82, 2.24) is 5.48 Å². The molecule has 0 fully saturated rings. The monoisotopic (exact) mass is 365 g/mol. The van der Waals surface area contributed by atoms with Gasteiger partial charge in [0.1, 0.15) is 5.56 Å². The van der Waals surface area contributed by atoms with Crippen LogP contribution in [-0.4, -0.2) is 23.3 Å². The van der Waals surface area contributed by atoms with E-state index < -0.39 is 23.3 Å². The highest BCUT2D eigenvalue weighted by molar-refractivity contribution is 14.1. The van der Waals surface area contributed by atoms with E-state index in [1.807, 2.05) is 28.1 Å². The van der Waals surface area contributed by atoms with Gasteiger partial charge < -0.3 is 5.73 Å². The average molecular weight is 365 g/mol. The molecule has 96 valence electrons. The number of nitrogens with two attached hydrogens (primary N) is 1. The van der Waals surface area contributed by atoms with Gasteiger partial charge in [0.25, 0.3) is 11.6 Å². The Bertz CT molecular complexity index is 505. The molecule has 0 unspecified atom stereocenters. The predicted molar refractivity (Wildman–Crippen MR) is 68.4 cm³/mol. The molecule has 0 aromatic heterocycles. The SMILES string of the molecule is NC(=O)CONC(=O)c1ccc(I)cc1[N+](=O)[O-]. The fourth-order valence-corrected chi connectivity index (χ4v) is 1.55. The van der Waals surface area contributed by atoms with E-state index in [1.54, 1.807) is 0 Å². The zero-order valence-electron chi connectivity index (χ0n) is 8.88. The molecule has 3 N–H and O–H groups in total. The van der Waals surface area contributed by atoms with Gasteiger partial charge in [0.2, 0.25) is 5.91 Å². The van der Waals surface area contributed by atoms with E-state index in [-0.39, 0.29) is 11.3 Å². The number of hydrogen-bond donors (Lipinski definition) is 2. The van der Waals surface area contributed by atoms with Gasteiger partial charge in [0, 0.05) is 9.64 Å². The highest BCUT2D eigenvalue weighted by Crippen LogP contribution is 2.21. The summed E-state index contributed by atoms with van der Waals surface area (Å²) in [5.41, 5.74) is 6.18. The topological polar surface area (TPSA) is 125 Å². The molecule has 9 heteroatoms. The van der Waals surface area contributed by atoms with Crippen molar-refractivity contribution >= 4 is 40.1 Å². The molecule has 0 bridgehead atoms. The molecule has 2 amide bonds. The number of nitro benzene ring substituents is 1. The van der Waals surface area contributed by atoms with Gasteiger partial charge in [-0.2, -0.15) is 0 Å². The summed E-state index contributed by atoms with van der Waals surface area (Å²) in [7, 11) is 0. The van der Waals surface area contributed by atoms with E-state index in [9.17, 15) is 19.7 Å². The number of carbonyl (C=O) groups is 2. The summed E-state index contributed by atoms with van der Waals surface area (Å²) in [6.45, 7) is -0.510. The number of halogens is 1. The molecule has 1 rings (SSSR count). The highest BCUT2D eigenvalue weighted by Gasteiger charge is 2.20. The van der Waals surface area contributed by atoms with E-state index in [0.717, 1.165) is 0 Å². The Balaban J connectivity index is 2.85. The van der Waals surface area contributed by atoms with Crippen LogP contribution in [-0.2, 0) is 9.63 Å². The first-order valence-corrected chi connectivity index (χ1v) is 5.64. The summed E-state index contributed by atoms with van der Waals surface area (Å²) in [5, 5.41) is 10.8. The molecule has 0 saturated heterocycles. The van der Waals surface area contributed by atoms with Crippen molar-refractivity contribution < 1.29 is 19.3 Å². The largest absolute Gasteiger partial charge is 0.368 e. The van der Waals surface area contributed by atoms with Crippen LogP contribution in [0, 0.1) is 13.7 Å². The number of benzene rings is 1. The molecule has 8 nitrogen and oxygen atoms in total. The lowest BCUT2D eigenvalue weighted by molar-refractivity contribution is -0.385. The fraction of sp³-hybridized carbons (Fsp3) is 0.111. The van der Waals surface area contributed by atoms with Gasteiger partial charge in [-0.1, -0.05) is 0 Å². The Hall–Kier alpha value is -1.75. The van der Waals surface area contributed by atoms with Crippen molar-refractivity contribution in [3.8, 4) is 0 Å². The average Bonchev–Trinajstić information content (AvgIpc) is 2.28. The fourth-order valence-electron chi connectivity index (χ4n) is 1.08. The van der Waals surface area contributed by atoms with E-state index in [0.29, 0.717) is 3.57 Å². The highest BCUT2D eigenvalue weighted by atomic mass is 127. The van der Waals surface area contributed by atoms with E-state index in [4.69, 9.17) is 5.73 Å². The molecule has 0 radical (unpaired) electrons. The smallest absolute Gasteiger partial charge is 0.283 e. The third kappa shape index (κ3) is 3.92. The zero-order valence-corrected chi connectivity index (χ0v) is 11.0. The number of amides is 2. The Morgan fingerprint density at radius 2 is 2.17 bits per heavy atom. The Morgan fingerprint density at radius 1 is 1.50 bits per heavy atom. The Labute approximate surface area is 115 Å². The maximum Gasteiger partial charge on any atom is 0.283 e. The number of nitrogens with one attached hydrogen (secondary N) is 1. The summed E-state index contributed by atoms with van der Waals surface area (Å²) < 4.78 is 0.619. The molecule has 0 aliphatic heterocycles. The second kappa shape index (κ2) is 6.26. The van der Waals surface area contributed by atoms with Crippen molar-refractivity contribution in [2.45, 2.75) is 0 Å². The summed E-state index contributed by atoms with van der Waals surface area (Å²) in [6.07, 6.45) is 0. The van der Waals surface area contributed by atoms with Gasteiger partial charge in [0.05, 0.1) is 4.92 Å². The molecule has 1 aromatic carbocycles. The predicted octanol–water partition coefficient (Wildman–Crippen LogP) is 0.346. The normalized spacial score (nSPS) is 9.83. The first kappa shape index (κ1) is 14.3. The van der Waals surface area contributed by atoms with Gasteiger partial charge in [-0.15, -0.1) is 0 Å². The molecule has 0 saturated carbocycles. The maximum atomic E-state index is 11.6. The number of rotatable bonds is 5. The van der Waals surface area contributed by atoms with Crippen LogP contribution in [0.3, 0.4) is 0 Å². The molecule has 0 aliphatic carbocycles. The second-order valence-corrected chi connectivity index (χ2v) is 4.35. The summed E-state index contributed by atoms with van der Waals surface area (Å²) in [6, 6.07) is 4.09. The third-order valence-electron chi connectivity index (χ3n) is 1.78. The van der Waals surface area contributed by atoms with Gasteiger partial charge in [-0.05, 0) is 34.7 Å². The molecule has 0 spiro atoms. The molecular weight excluding hydrogens is 357 g/mol. The zero-order chi connectivity index (χ0) is 13.7. The van der Waals surface area contributed by atoms with Crippen LogP contribution < -0.4 is 11.2 Å². The lowest BCUT2D eigenvalue weighted by atomic mass is 10.2.